The van der Waals surface area contributed by atoms with Crippen LogP contribution >= 0.6 is 0 Å². The maximum atomic E-state index is 12.6. The molecule has 21 heavy (non-hydrogen) atoms. The number of carboxylic acids is 1. The lowest BCUT2D eigenvalue weighted by Crippen LogP contribution is -2.49. The van der Waals surface area contributed by atoms with Crippen LogP contribution in [0.15, 0.2) is 0 Å². The molecular weight excluding hydrogens is 270 g/mol. The van der Waals surface area contributed by atoms with Gasteiger partial charge in [-0.1, -0.05) is 0 Å². The molecule has 0 aromatic heterocycles. The highest BCUT2D eigenvalue weighted by molar-refractivity contribution is 5.78. The van der Waals surface area contributed by atoms with Gasteiger partial charge in [-0.25, -0.2) is 4.79 Å². The van der Waals surface area contributed by atoms with Crippen molar-refractivity contribution in [2.45, 2.75) is 32.2 Å². The molecule has 2 amide bonds. The van der Waals surface area contributed by atoms with Crippen LogP contribution in [0.4, 0.5) is 4.79 Å². The second-order valence-corrected chi connectivity index (χ2v) is 6.64. The van der Waals surface area contributed by atoms with E-state index in [0.29, 0.717) is 18.9 Å². The number of carbonyl (C=O) groups excluding carboxylic acids is 1. The first kappa shape index (κ1) is 16.1. The molecule has 2 saturated heterocycles. The van der Waals surface area contributed by atoms with Crippen LogP contribution in [0.5, 0.6) is 0 Å². The zero-order valence-electron chi connectivity index (χ0n) is 13.3. The standard InChI is InChI=1S/C15H27N3O3/c1-11-13(14(19)20)6-9-18(11)15(21)17-7-4-12(5-8-17)10-16(2)3/h11-13H,4-10H2,1-3H3,(H,19,20). The Labute approximate surface area is 126 Å². The highest BCUT2D eigenvalue weighted by Gasteiger charge is 2.40. The predicted molar refractivity (Wildman–Crippen MR) is 80.2 cm³/mol. The van der Waals surface area contributed by atoms with Gasteiger partial charge in [-0.3, -0.25) is 4.79 Å². The minimum Gasteiger partial charge on any atom is -0.481 e. The van der Waals surface area contributed by atoms with E-state index in [1.54, 1.807) is 4.90 Å². The summed E-state index contributed by atoms with van der Waals surface area (Å²) in [7, 11) is 4.16. The Kier molecular flexibility index (Phi) is 5.08. The van der Waals surface area contributed by atoms with Crippen molar-refractivity contribution < 1.29 is 14.7 Å². The van der Waals surface area contributed by atoms with Gasteiger partial charge in [-0.2, -0.15) is 0 Å². The Bertz CT molecular complexity index is 392. The van der Waals surface area contributed by atoms with Gasteiger partial charge in [0.05, 0.1) is 5.92 Å². The van der Waals surface area contributed by atoms with Crippen molar-refractivity contribution >= 4 is 12.0 Å². The average Bonchev–Trinajstić information content (AvgIpc) is 2.80. The van der Waals surface area contributed by atoms with Gasteiger partial charge < -0.3 is 19.8 Å². The monoisotopic (exact) mass is 297 g/mol. The highest BCUT2D eigenvalue weighted by atomic mass is 16.4. The number of likely N-dealkylation sites (tertiary alicyclic amines) is 2. The van der Waals surface area contributed by atoms with E-state index in [0.717, 1.165) is 32.5 Å². The van der Waals surface area contributed by atoms with E-state index < -0.39 is 11.9 Å². The van der Waals surface area contributed by atoms with Crippen LogP contribution in [0.2, 0.25) is 0 Å². The van der Waals surface area contributed by atoms with E-state index in [-0.39, 0.29) is 12.1 Å². The van der Waals surface area contributed by atoms with Crippen molar-refractivity contribution in [3.05, 3.63) is 0 Å². The Morgan fingerprint density at radius 1 is 1.14 bits per heavy atom. The van der Waals surface area contributed by atoms with Crippen LogP contribution in [0.3, 0.4) is 0 Å². The normalized spacial score (nSPS) is 27.4. The SMILES string of the molecule is CC1C(C(=O)O)CCN1C(=O)N1CCC(CN(C)C)CC1. The molecule has 0 radical (unpaired) electrons. The first-order valence-corrected chi connectivity index (χ1v) is 7.83. The molecule has 2 heterocycles. The zero-order valence-corrected chi connectivity index (χ0v) is 13.3. The Morgan fingerprint density at radius 2 is 1.76 bits per heavy atom. The fourth-order valence-corrected chi connectivity index (χ4v) is 3.54. The molecule has 0 aliphatic carbocycles. The minimum absolute atomic E-state index is 0.0227. The lowest BCUT2D eigenvalue weighted by atomic mass is 9.96. The maximum Gasteiger partial charge on any atom is 0.320 e. The van der Waals surface area contributed by atoms with Gasteiger partial charge in [0.15, 0.2) is 0 Å². The molecule has 0 aromatic rings. The zero-order chi connectivity index (χ0) is 15.6. The summed E-state index contributed by atoms with van der Waals surface area (Å²) in [6.07, 6.45) is 2.64. The van der Waals surface area contributed by atoms with Gasteiger partial charge in [0, 0.05) is 32.2 Å². The molecule has 2 aliphatic heterocycles. The van der Waals surface area contributed by atoms with Crippen LogP contribution in [-0.4, -0.2) is 78.1 Å². The molecule has 2 atom stereocenters. The third-order valence-electron chi connectivity index (χ3n) is 4.83. The van der Waals surface area contributed by atoms with Crippen LogP contribution in [-0.2, 0) is 4.79 Å². The molecular formula is C15H27N3O3. The first-order chi connectivity index (χ1) is 9.90. The average molecular weight is 297 g/mol. The molecule has 1 N–H and O–H groups in total. The van der Waals surface area contributed by atoms with Gasteiger partial charge in [0.25, 0.3) is 0 Å². The molecule has 0 aromatic carbocycles. The molecule has 0 spiro atoms. The third kappa shape index (κ3) is 3.67. The molecule has 6 nitrogen and oxygen atoms in total. The van der Waals surface area contributed by atoms with Gasteiger partial charge >= 0.3 is 12.0 Å². The van der Waals surface area contributed by atoms with Crippen LogP contribution in [0.1, 0.15) is 26.2 Å². The topological polar surface area (TPSA) is 64.1 Å². The Balaban J connectivity index is 1.86. The van der Waals surface area contributed by atoms with Gasteiger partial charge in [-0.05, 0) is 46.2 Å². The van der Waals surface area contributed by atoms with Crippen molar-refractivity contribution in [3.8, 4) is 0 Å². The quantitative estimate of drug-likeness (QED) is 0.849. The van der Waals surface area contributed by atoms with Crippen molar-refractivity contribution in [2.75, 3.05) is 40.3 Å². The predicted octanol–water partition coefficient (Wildman–Crippen LogP) is 1.18. The summed E-state index contributed by atoms with van der Waals surface area (Å²) in [6.45, 7) is 5.07. The Hall–Kier alpha value is -1.30. The van der Waals surface area contributed by atoms with Crippen molar-refractivity contribution in [1.29, 1.82) is 0 Å². The highest BCUT2D eigenvalue weighted by Crippen LogP contribution is 2.27. The van der Waals surface area contributed by atoms with Crippen LogP contribution in [0, 0.1) is 11.8 Å². The second kappa shape index (κ2) is 6.64. The van der Waals surface area contributed by atoms with Crippen molar-refractivity contribution in [1.82, 2.24) is 14.7 Å². The van der Waals surface area contributed by atoms with Crippen LogP contribution < -0.4 is 0 Å². The summed E-state index contributed by atoms with van der Waals surface area (Å²) >= 11 is 0. The lowest BCUT2D eigenvalue weighted by molar-refractivity contribution is -0.142. The number of nitrogens with zero attached hydrogens (tertiary/aromatic N) is 3. The number of urea groups is 1. The Morgan fingerprint density at radius 3 is 2.24 bits per heavy atom. The number of rotatable bonds is 3. The molecule has 2 aliphatic rings. The lowest BCUT2D eigenvalue weighted by Gasteiger charge is -2.36. The van der Waals surface area contributed by atoms with Crippen molar-refractivity contribution in [2.24, 2.45) is 11.8 Å². The van der Waals surface area contributed by atoms with Crippen LogP contribution in [0.25, 0.3) is 0 Å². The molecule has 0 bridgehead atoms. The largest absolute Gasteiger partial charge is 0.481 e. The van der Waals surface area contributed by atoms with Crippen molar-refractivity contribution in [3.63, 3.8) is 0 Å². The fourth-order valence-electron chi connectivity index (χ4n) is 3.54. The van der Waals surface area contributed by atoms with Gasteiger partial charge in [0.2, 0.25) is 0 Å². The molecule has 2 rings (SSSR count). The van der Waals surface area contributed by atoms with E-state index in [2.05, 4.69) is 19.0 Å². The van der Waals surface area contributed by atoms with E-state index in [9.17, 15) is 9.59 Å². The summed E-state index contributed by atoms with van der Waals surface area (Å²) in [5, 5.41) is 9.16. The van der Waals surface area contributed by atoms with E-state index >= 15 is 0 Å². The summed E-state index contributed by atoms with van der Waals surface area (Å²) in [5.74, 6) is -0.547. The third-order valence-corrected chi connectivity index (χ3v) is 4.83. The molecule has 6 heteroatoms. The van der Waals surface area contributed by atoms with Gasteiger partial charge in [-0.15, -0.1) is 0 Å². The number of hydrogen-bond donors (Lipinski definition) is 1. The maximum absolute atomic E-state index is 12.6. The summed E-state index contributed by atoms with van der Waals surface area (Å²) in [5.41, 5.74) is 0. The minimum atomic E-state index is -0.789. The second-order valence-electron chi connectivity index (χ2n) is 6.64. The molecule has 0 saturated carbocycles. The van der Waals surface area contributed by atoms with E-state index in [1.807, 2.05) is 11.8 Å². The molecule has 2 unspecified atom stereocenters. The van der Waals surface area contributed by atoms with Gasteiger partial charge in [0.1, 0.15) is 0 Å². The summed E-state index contributed by atoms with van der Waals surface area (Å²) in [6, 6.07) is -0.177. The molecule has 120 valence electrons. The fraction of sp³-hybridized carbons (Fsp3) is 0.867. The number of carboxylic acid groups (broad SMARTS) is 1. The first-order valence-electron chi connectivity index (χ1n) is 7.83. The number of carbonyl (C=O) groups is 2. The summed E-state index contributed by atoms with van der Waals surface area (Å²) in [4.78, 5) is 29.5. The summed E-state index contributed by atoms with van der Waals surface area (Å²) < 4.78 is 0. The van der Waals surface area contributed by atoms with E-state index in [1.165, 1.54) is 0 Å². The molecule has 2 fully saturated rings. The number of piperidine rings is 1. The number of aliphatic carboxylic acids is 1. The van der Waals surface area contributed by atoms with E-state index in [4.69, 9.17) is 5.11 Å². The number of hydrogen-bond acceptors (Lipinski definition) is 3. The number of amides is 2. The smallest absolute Gasteiger partial charge is 0.320 e.